The second-order valence-corrected chi connectivity index (χ2v) is 15.6. The predicted octanol–water partition coefficient (Wildman–Crippen LogP) is 11.6. The highest BCUT2D eigenvalue weighted by Gasteiger charge is 2.19. The summed E-state index contributed by atoms with van der Waals surface area (Å²) in [5, 5.41) is 15.8. The van der Waals surface area contributed by atoms with Gasteiger partial charge in [-0.15, -0.1) is 0 Å². The Kier molecular flexibility index (Phi) is 7.11. The van der Waals surface area contributed by atoms with E-state index in [4.69, 9.17) is 0 Å². The van der Waals surface area contributed by atoms with Gasteiger partial charge in [0.05, 0.1) is 9.52 Å². The molecule has 10 aromatic rings. The summed E-state index contributed by atoms with van der Waals surface area (Å²) in [5.74, 6) is 0. The van der Waals surface area contributed by atoms with Gasteiger partial charge in [0.2, 0.25) is 0 Å². The summed E-state index contributed by atoms with van der Waals surface area (Å²) in [6.07, 6.45) is 0. The van der Waals surface area contributed by atoms with E-state index in [0.717, 1.165) is 0 Å². The average Bonchev–Trinajstić information content (AvgIpc) is 3.20. The molecule has 0 bridgehead atoms. The van der Waals surface area contributed by atoms with Crippen LogP contribution in [0.15, 0.2) is 194 Å². The van der Waals surface area contributed by atoms with E-state index >= 15 is 0 Å². The highest BCUT2D eigenvalue weighted by molar-refractivity contribution is 6.67. The average molecular weight is 663 g/mol. The van der Waals surface area contributed by atoms with E-state index in [0.29, 0.717) is 0 Å². The summed E-state index contributed by atoms with van der Waals surface area (Å²) in [6, 6.07) is 72.1. The van der Waals surface area contributed by atoms with Crippen LogP contribution in [0.4, 0.5) is 0 Å². The van der Waals surface area contributed by atoms with Crippen molar-refractivity contribution in [3.05, 3.63) is 194 Å². The second-order valence-electron chi connectivity index (χ2n) is 13.6. The molecule has 0 spiro atoms. The van der Waals surface area contributed by atoms with Crippen molar-refractivity contribution in [1.29, 1.82) is 0 Å². The van der Waals surface area contributed by atoms with Gasteiger partial charge in [-0.05, 0) is 93.3 Å². The van der Waals surface area contributed by atoms with Crippen molar-refractivity contribution in [2.75, 3.05) is 0 Å². The van der Waals surface area contributed by atoms with Gasteiger partial charge >= 0.3 is 0 Å². The minimum atomic E-state index is -0.657. The molecule has 0 saturated carbocycles. The smallest absolute Gasteiger partial charge is 0.0633 e. The Hall–Kier alpha value is -6.28. The van der Waals surface area contributed by atoms with Crippen molar-refractivity contribution >= 4 is 73.8 Å². The molecule has 10 aromatic carbocycles. The first kappa shape index (κ1) is 29.6. The van der Waals surface area contributed by atoms with Crippen molar-refractivity contribution in [3.63, 3.8) is 0 Å². The van der Waals surface area contributed by atoms with Crippen molar-refractivity contribution < 1.29 is 0 Å². The zero-order valence-corrected chi connectivity index (χ0v) is 29.6. The third kappa shape index (κ3) is 5.05. The molecule has 0 aliphatic heterocycles. The summed E-state index contributed by atoms with van der Waals surface area (Å²) in [7, 11) is -0.657. The predicted molar refractivity (Wildman–Crippen MR) is 225 cm³/mol. The molecule has 1 heteroatoms. The Balaban J connectivity index is 1.22. The molecule has 0 atom stereocenters. The van der Waals surface area contributed by atoms with E-state index < -0.39 is 9.52 Å². The van der Waals surface area contributed by atoms with Crippen LogP contribution in [0, 0.1) is 0 Å². The van der Waals surface area contributed by atoms with Gasteiger partial charge in [-0.2, -0.15) is 0 Å². The number of hydrogen-bond acceptors (Lipinski definition) is 0. The van der Waals surface area contributed by atoms with E-state index in [1.807, 2.05) is 0 Å². The molecule has 51 heavy (non-hydrogen) atoms. The monoisotopic (exact) mass is 662 g/mol. The largest absolute Gasteiger partial charge is 0.0875 e. The topological polar surface area (TPSA) is 0 Å². The Morgan fingerprint density at radius 1 is 0.255 bits per heavy atom. The third-order valence-electron chi connectivity index (χ3n) is 10.7. The minimum Gasteiger partial charge on any atom is -0.0633 e. The van der Waals surface area contributed by atoms with Crippen LogP contribution < -0.4 is 10.4 Å². The first-order chi connectivity index (χ1) is 25.3. The van der Waals surface area contributed by atoms with Gasteiger partial charge in [0, 0.05) is 0 Å². The Labute approximate surface area is 300 Å². The number of fused-ring (bicyclic) bond motifs is 6. The summed E-state index contributed by atoms with van der Waals surface area (Å²) in [6.45, 7) is 0. The fraction of sp³-hybridized carbons (Fsp3) is 0. The summed E-state index contributed by atoms with van der Waals surface area (Å²) < 4.78 is 0. The third-order valence-corrected chi connectivity index (χ3v) is 12.4. The highest BCUT2D eigenvalue weighted by atomic mass is 28.2. The van der Waals surface area contributed by atoms with Crippen molar-refractivity contribution in [3.8, 4) is 33.4 Å². The van der Waals surface area contributed by atoms with Crippen LogP contribution in [0.25, 0.3) is 87.2 Å². The molecule has 0 N–H and O–H groups in total. The zero-order valence-electron chi connectivity index (χ0n) is 28.2. The molecule has 0 radical (unpaired) electrons. The van der Waals surface area contributed by atoms with Crippen molar-refractivity contribution in [2.45, 2.75) is 0 Å². The van der Waals surface area contributed by atoms with E-state index in [1.165, 1.54) is 97.6 Å². The first-order valence-electron chi connectivity index (χ1n) is 17.8. The molecule has 0 heterocycles. The quantitative estimate of drug-likeness (QED) is 0.0977. The van der Waals surface area contributed by atoms with Gasteiger partial charge in [-0.3, -0.25) is 0 Å². The summed E-state index contributed by atoms with van der Waals surface area (Å²) >= 11 is 0. The summed E-state index contributed by atoms with van der Waals surface area (Å²) in [4.78, 5) is 0. The fourth-order valence-electron chi connectivity index (χ4n) is 8.32. The number of rotatable bonds is 5. The Morgan fingerprint density at radius 3 is 1.61 bits per heavy atom. The highest BCUT2D eigenvalue weighted by Crippen LogP contribution is 2.45. The van der Waals surface area contributed by atoms with Gasteiger partial charge in [0.25, 0.3) is 0 Å². The Morgan fingerprint density at radius 2 is 0.824 bits per heavy atom. The molecular weight excluding hydrogens is 629 g/mol. The lowest BCUT2D eigenvalue weighted by molar-refractivity contribution is 1.64. The van der Waals surface area contributed by atoms with Crippen LogP contribution >= 0.6 is 0 Å². The van der Waals surface area contributed by atoms with Crippen LogP contribution in [-0.2, 0) is 0 Å². The van der Waals surface area contributed by atoms with Crippen LogP contribution in [0.1, 0.15) is 0 Å². The molecule has 0 amide bonds. The standard InChI is InChI=1S/C50H34Si/c1-2-16-37(17-3-1)51-38-29-30-46-48(32-38)49(44-22-10-11-23-45(44)50(46)43-24-12-15-33-13-4-6-18-39(33)43)35-27-25-34(26-28-35)47-31-36-14-5-7-19-40(36)41-20-8-9-21-42(41)47/h1-32H,51H2. The Bertz CT molecular complexity index is 2920. The zero-order chi connectivity index (χ0) is 33.7. The van der Waals surface area contributed by atoms with Crippen molar-refractivity contribution in [2.24, 2.45) is 0 Å². The molecule has 0 aliphatic rings. The molecule has 0 aliphatic carbocycles. The van der Waals surface area contributed by atoms with Gasteiger partial charge in [-0.25, -0.2) is 0 Å². The molecule has 0 saturated heterocycles. The van der Waals surface area contributed by atoms with Gasteiger partial charge in [0.1, 0.15) is 0 Å². The van der Waals surface area contributed by atoms with E-state index in [2.05, 4.69) is 194 Å². The maximum Gasteiger partial charge on any atom is 0.0875 e. The van der Waals surface area contributed by atoms with Crippen LogP contribution in [0.5, 0.6) is 0 Å². The normalized spacial score (nSPS) is 11.8. The number of hydrogen-bond donors (Lipinski definition) is 0. The van der Waals surface area contributed by atoms with Crippen LogP contribution in [0.3, 0.4) is 0 Å². The SMILES string of the molecule is c1ccc([SiH2]c2ccc3c(-c4cccc5ccccc45)c4ccccc4c(-c4ccc(-c5cc6ccccc6c6ccccc56)cc4)c3c2)cc1. The maximum absolute atomic E-state index is 2.51. The number of benzene rings is 10. The van der Waals surface area contributed by atoms with E-state index in [1.54, 1.807) is 0 Å². The van der Waals surface area contributed by atoms with Gasteiger partial charge in [0.15, 0.2) is 0 Å². The molecule has 0 nitrogen and oxygen atoms in total. The first-order valence-corrected chi connectivity index (χ1v) is 19.2. The van der Waals surface area contributed by atoms with E-state index in [9.17, 15) is 0 Å². The van der Waals surface area contributed by atoms with Crippen LogP contribution in [-0.4, -0.2) is 9.52 Å². The molecule has 238 valence electrons. The van der Waals surface area contributed by atoms with Gasteiger partial charge in [-0.1, -0.05) is 198 Å². The van der Waals surface area contributed by atoms with Gasteiger partial charge < -0.3 is 0 Å². The van der Waals surface area contributed by atoms with Crippen LogP contribution in [0.2, 0.25) is 0 Å². The maximum atomic E-state index is 2.51. The lowest BCUT2D eigenvalue weighted by atomic mass is 9.84. The molecular formula is C50H34Si. The molecule has 0 fully saturated rings. The lowest BCUT2D eigenvalue weighted by Crippen LogP contribution is -2.26. The lowest BCUT2D eigenvalue weighted by Gasteiger charge is -2.20. The summed E-state index contributed by atoms with van der Waals surface area (Å²) in [5.41, 5.74) is 7.66. The fourth-order valence-corrected chi connectivity index (χ4v) is 9.84. The van der Waals surface area contributed by atoms with Crippen molar-refractivity contribution in [1.82, 2.24) is 0 Å². The second kappa shape index (κ2) is 12.2. The molecule has 10 rings (SSSR count). The minimum absolute atomic E-state index is 0.657. The molecule has 0 unspecified atom stereocenters. The van der Waals surface area contributed by atoms with E-state index in [-0.39, 0.29) is 0 Å². The molecule has 0 aromatic heterocycles.